The molecule has 1 aromatic heterocycles. The Balaban J connectivity index is 1.93. The third-order valence-corrected chi connectivity index (χ3v) is 3.16. The van der Waals surface area contributed by atoms with Crippen molar-refractivity contribution in [2.75, 3.05) is 5.32 Å². The largest absolute Gasteiger partial charge is 0.481 e. The maximum absolute atomic E-state index is 11.9. The summed E-state index contributed by atoms with van der Waals surface area (Å²) in [6.07, 6.45) is 4.10. The van der Waals surface area contributed by atoms with Gasteiger partial charge in [-0.05, 0) is 25.3 Å². The molecule has 2 rings (SSSR count). The molecule has 1 aliphatic rings. The number of anilines is 1. The van der Waals surface area contributed by atoms with E-state index in [-0.39, 0.29) is 11.8 Å². The van der Waals surface area contributed by atoms with Crippen molar-refractivity contribution >= 4 is 17.8 Å². The first-order valence-corrected chi connectivity index (χ1v) is 5.74. The second kappa shape index (κ2) is 5.03. The predicted molar refractivity (Wildman–Crippen MR) is 60.4 cm³/mol. The molecular weight excluding hydrogens is 222 g/mol. The quantitative estimate of drug-likeness (QED) is 0.843. The van der Waals surface area contributed by atoms with Crippen LogP contribution in [0.1, 0.15) is 25.7 Å². The van der Waals surface area contributed by atoms with Crippen LogP contribution in [0.3, 0.4) is 0 Å². The van der Waals surface area contributed by atoms with Crippen molar-refractivity contribution < 1.29 is 19.1 Å². The van der Waals surface area contributed by atoms with Crippen LogP contribution in [0.25, 0.3) is 0 Å². The lowest BCUT2D eigenvalue weighted by Crippen LogP contribution is -2.30. The summed E-state index contributed by atoms with van der Waals surface area (Å²) in [5.41, 5.74) is 0. The van der Waals surface area contributed by atoms with E-state index >= 15 is 0 Å². The van der Waals surface area contributed by atoms with Gasteiger partial charge in [0.15, 0.2) is 5.88 Å². The number of furan rings is 1. The summed E-state index contributed by atoms with van der Waals surface area (Å²) in [5, 5.41) is 11.6. The molecule has 5 nitrogen and oxygen atoms in total. The van der Waals surface area contributed by atoms with Crippen LogP contribution >= 0.6 is 0 Å². The zero-order valence-electron chi connectivity index (χ0n) is 9.39. The van der Waals surface area contributed by atoms with E-state index in [1.165, 1.54) is 6.26 Å². The number of amides is 1. The SMILES string of the molecule is O=C(O)C1CCCC(C(=O)Nc2ccco2)C1. The van der Waals surface area contributed by atoms with Gasteiger partial charge in [0, 0.05) is 12.0 Å². The Kier molecular flexibility index (Phi) is 3.46. The van der Waals surface area contributed by atoms with Gasteiger partial charge in [-0.15, -0.1) is 0 Å². The third kappa shape index (κ3) is 2.87. The van der Waals surface area contributed by atoms with Crippen molar-refractivity contribution in [3.8, 4) is 0 Å². The first-order chi connectivity index (χ1) is 8.16. The molecule has 2 unspecified atom stereocenters. The summed E-state index contributed by atoms with van der Waals surface area (Å²) in [6.45, 7) is 0. The molecule has 5 heteroatoms. The molecule has 2 atom stereocenters. The normalized spacial score (nSPS) is 24.2. The van der Waals surface area contributed by atoms with Crippen molar-refractivity contribution in [1.29, 1.82) is 0 Å². The van der Waals surface area contributed by atoms with E-state index in [4.69, 9.17) is 9.52 Å². The minimum atomic E-state index is -0.805. The molecule has 0 aromatic carbocycles. The van der Waals surface area contributed by atoms with Gasteiger partial charge in [0.2, 0.25) is 5.91 Å². The molecular formula is C12H15NO4. The van der Waals surface area contributed by atoms with Crippen molar-refractivity contribution in [2.24, 2.45) is 11.8 Å². The monoisotopic (exact) mass is 237 g/mol. The Morgan fingerprint density at radius 2 is 2.12 bits per heavy atom. The number of hydrogen-bond acceptors (Lipinski definition) is 3. The van der Waals surface area contributed by atoms with Crippen molar-refractivity contribution in [3.63, 3.8) is 0 Å². The first kappa shape index (κ1) is 11.7. The van der Waals surface area contributed by atoms with Gasteiger partial charge in [-0.25, -0.2) is 0 Å². The summed E-state index contributed by atoms with van der Waals surface area (Å²) in [5.74, 6) is -1.16. The van der Waals surface area contributed by atoms with Gasteiger partial charge in [0.25, 0.3) is 0 Å². The number of rotatable bonds is 3. The number of carbonyl (C=O) groups excluding carboxylic acids is 1. The van der Waals surface area contributed by atoms with Crippen molar-refractivity contribution in [3.05, 3.63) is 18.4 Å². The summed E-state index contributed by atoms with van der Waals surface area (Å²) < 4.78 is 5.02. The van der Waals surface area contributed by atoms with Gasteiger partial charge >= 0.3 is 5.97 Å². The van der Waals surface area contributed by atoms with Crippen LogP contribution in [0.2, 0.25) is 0 Å². The molecule has 2 N–H and O–H groups in total. The Bertz CT molecular complexity index is 399. The summed E-state index contributed by atoms with van der Waals surface area (Å²) >= 11 is 0. The molecule has 0 radical (unpaired) electrons. The second-order valence-electron chi connectivity index (χ2n) is 4.37. The number of hydrogen-bond donors (Lipinski definition) is 2. The van der Waals surface area contributed by atoms with Gasteiger partial charge in [0.05, 0.1) is 12.2 Å². The highest BCUT2D eigenvalue weighted by Gasteiger charge is 2.31. The molecule has 1 aromatic rings. The third-order valence-electron chi connectivity index (χ3n) is 3.16. The van der Waals surface area contributed by atoms with E-state index in [1.807, 2.05) is 0 Å². The molecule has 1 aliphatic carbocycles. The van der Waals surface area contributed by atoms with Crippen LogP contribution in [0.15, 0.2) is 22.8 Å². The lowest BCUT2D eigenvalue weighted by Gasteiger charge is -2.25. The average Bonchev–Trinajstić information content (AvgIpc) is 2.82. The smallest absolute Gasteiger partial charge is 0.306 e. The van der Waals surface area contributed by atoms with Crippen LogP contribution in [0.4, 0.5) is 5.88 Å². The van der Waals surface area contributed by atoms with E-state index < -0.39 is 11.9 Å². The Labute approximate surface area is 98.8 Å². The highest BCUT2D eigenvalue weighted by molar-refractivity contribution is 5.91. The Morgan fingerprint density at radius 1 is 1.35 bits per heavy atom. The van der Waals surface area contributed by atoms with Gasteiger partial charge in [-0.2, -0.15) is 0 Å². The van der Waals surface area contributed by atoms with Crippen LogP contribution in [0, 0.1) is 11.8 Å². The average molecular weight is 237 g/mol. The van der Waals surface area contributed by atoms with Gasteiger partial charge < -0.3 is 9.52 Å². The number of aliphatic carboxylic acids is 1. The lowest BCUT2D eigenvalue weighted by atomic mass is 9.81. The molecule has 0 spiro atoms. The Hall–Kier alpha value is -1.78. The van der Waals surface area contributed by atoms with E-state index in [1.54, 1.807) is 12.1 Å². The standard InChI is InChI=1S/C12H15NO4/c14-11(13-10-5-2-6-17-10)8-3-1-4-9(7-8)12(15)16/h2,5-6,8-9H,1,3-4,7H2,(H,13,14)(H,15,16). The molecule has 1 saturated carbocycles. The number of nitrogens with one attached hydrogen (secondary N) is 1. The van der Waals surface area contributed by atoms with Gasteiger partial charge in [-0.3, -0.25) is 14.9 Å². The van der Waals surface area contributed by atoms with Crippen molar-refractivity contribution in [2.45, 2.75) is 25.7 Å². The minimum absolute atomic E-state index is 0.147. The highest BCUT2D eigenvalue weighted by atomic mass is 16.4. The molecule has 0 aliphatic heterocycles. The fourth-order valence-corrected chi connectivity index (χ4v) is 2.23. The van der Waals surface area contributed by atoms with E-state index in [9.17, 15) is 9.59 Å². The molecule has 17 heavy (non-hydrogen) atoms. The fourth-order valence-electron chi connectivity index (χ4n) is 2.23. The zero-order chi connectivity index (χ0) is 12.3. The summed E-state index contributed by atoms with van der Waals surface area (Å²) in [7, 11) is 0. The number of carboxylic acids is 1. The highest BCUT2D eigenvalue weighted by Crippen LogP contribution is 2.30. The minimum Gasteiger partial charge on any atom is -0.481 e. The molecule has 1 fully saturated rings. The predicted octanol–water partition coefficient (Wildman–Crippen LogP) is 2.11. The molecule has 1 heterocycles. The van der Waals surface area contributed by atoms with Crippen LogP contribution in [-0.4, -0.2) is 17.0 Å². The van der Waals surface area contributed by atoms with Crippen molar-refractivity contribution in [1.82, 2.24) is 0 Å². The molecule has 0 bridgehead atoms. The maximum Gasteiger partial charge on any atom is 0.306 e. The summed E-state index contributed by atoms with van der Waals surface area (Å²) in [6, 6.07) is 3.35. The molecule has 0 saturated heterocycles. The first-order valence-electron chi connectivity index (χ1n) is 5.74. The number of carbonyl (C=O) groups is 2. The summed E-state index contributed by atoms with van der Waals surface area (Å²) in [4.78, 5) is 22.8. The second-order valence-corrected chi connectivity index (χ2v) is 4.37. The molecule has 92 valence electrons. The van der Waals surface area contributed by atoms with Crippen LogP contribution < -0.4 is 5.32 Å². The van der Waals surface area contributed by atoms with E-state index in [0.717, 1.165) is 12.8 Å². The van der Waals surface area contributed by atoms with E-state index in [0.29, 0.717) is 18.7 Å². The van der Waals surface area contributed by atoms with Gasteiger partial charge in [0.1, 0.15) is 0 Å². The van der Waals surface area contributed by atoms with E-state index in [2.05, 4.69) is 5.32 Å². The lowest BCUT2D eigenvalue weighted by molar-refractivity contribution is -0.143. The maximum atomic E-state index is 11.9. The van der Waals surface area contributed by atoms with Crippen LogP contribution in [0.5, 0.6) is 0 Å². The fraction of sp³-hybridized carbons (Fsp3) is 0.500. The topological polar surface area (TPSA) is 79.5 Å². The van der Waals surface area contributed by atoms with Gasteiger partial charge in [-0.1, -0.05) is 6.42 Å². The Morgan fingerprint density at radius 3 is 2.76 bits per heavy atom. The number of carboxylic acid groups (broad SMARTS) is 1. The molecule has 1 amide bonds. The zero-order valence-corrected chi connectivity index (χ0v) is 9.39. The van der Waals surface area contributed by atoms with Crippen LogP contribution in [-0.2, 0) is 9.59 Å².